The Bertz CT molecular complexity index is 835. The van der Waals surface area contributed by atoms with Crippen molar-refractivity contribution in [1.29, 1.82) is 5.26 Å². The molecule has 3 rings (SSSR count). The second-order valence-electron chi connectivity index (χ2n) is 6.54. The van der Waals surface area contributed by atoms with Gasteiger partial charge in [-0.05, 0) is 48.7 Å². The van der Waals surface area contributed by atoms with Crippen molar-refractivity contribution in [2.45, 2.75) is 32.4 Å². The maximum Gasteiger partial charge on any atom is 0.251 e. The van der Waals surface area contributed by atoms with Gasteiger partial charge < -0.3 is 10.2 Å². The van der Waals surface area contributed by atoms with E-state index in [1.165, 1.54) is 0 Å². The number of nitriles is 1. The highest BCUT2D eigenvalue weighted by Crippen LogP contribution is 2.16. The summed E-state index contributed by atoms with van der Waals surface area (Å²) in [5, 5.41) is 11.8. The number of benzene rings is 2. The van der Waals surface area contributed by atoms with Crippen molar-refractivity contribution in [2.75, 3.05) is 6.54 Å². The van der Waals surface area contributed by atoms with E-state index in [9.17, 15) is 9.59 Å². The van der Waals surface area contributed by atoms with Crippen LogP contribution >= 0.6 is 0 Å². The Morgan fingerprint density at radius 3 is 2.46 bits per heavy atom. The third-order valence-electron chi connectivity index (χ3n) is 4.65. The van der Waals surface area contributed by atoms with Gasteiger partial charge in [0.25, 0.3) is 5.91 Å². The van der Waals surface area contributed by atoms with Crippen LogP contribution < -0.4 is 5.32 Å². The highest BCUT2D eigenvalue weighted by atomic mass is 16.2. The van der Waals surface area contributed by atoms with Crippen LogP contribution in [0.5, 0.6) is 0 Å². The molecule has 2 amide bonds. The maximum absolute atomic E-state index is 12.4. The first-order valence-corrected chi connectivity index (χ1v) is 8.74. The molecular weight excluding hydrogens is 326 g/mol. The second kappa shape index (κ2) is 7.83. The van der Waals surface area contributed by atoms with Crippen molar-refractivity contribution in [3.8, 4) is 6.07 Å². The molecule has 1 heterocycles. The molecule has 0 aliphatic carbocycles. The van der Waals surface area contributed by atoms with Crippen LogP contribution in [0, 0.1) is 11.3 Å². The Kier molecular flexibility index (Phi) is 5.33. The molecule has 2 aromatic carbocycles. The number of amides is 2. The van der Waals surface area contributed by atoms with E-state index >= 15 is 0 Å². The zero-order valence-corrected chi connectivity index (χ0v) is 14.7. The fraction of sp³-hybridized carbons (Fsp3) is 0.286. The highest BCUT2D eigenvalue weighted by Gasteiger charge is 2.20. The first-order valence-electron chi connectivity index (χ1n) is 8.74. The predicted octanol–water partition coefficient (Wildman–Crippen LogP) is 3.17. The Labute approximate surface area is 153 Å². The molecule has 5 heteroatoms. The molecule has 0 saturated carbocycles. The van der Waals surface area contributed by atoms with Gasteiger partial charge in [-0.25, -0.2) is 0 Å². The zero-order valence-electron chi connectivity index (χ0n) is 14.7. The predicted molar refractivity (Wildman–Crippen MR) is 98.1 cm³/mol. The lowest BCUT2D eigenvalue weighted by molar-refractivity contribution is -0.128. The first kappa shape index (κ1) is 17.7. The Hall–Kier alpha value is -3.13. The van der Waals surface area contributed by atoms with Crippen molar-refractivity contribution >= 4 is 11.8 Å². The number of carbonyl (C=O) groups excluding carboxylic acids is 2. The van der Waals surface area contributed by atoms with Crippen LogP contribution in [0.3, 0.4) is 0 Å². The number of hydrogen-bond acceptors (Lipinski definition) is 3. The van der Waals surface area contributed by atoms with E-state index in [2.05, 4.69) is 11.4 Å². The third-order valence-corrected chi connectivity index (χ3v) is 4.65. The number of hydrogen-bond donors (Lipinski definition) is 1. The molecule has 26 heavy (non-hydrogen) atoms. The molecule has 1 N–H and O–H groups in total. The van der Waals surface area contributed by atoms with Gasteiger partial charge in [-0.1, -0.05) is 24.3 Å². The van der Waals surface area contributed by atoms with Crippen LogP contribution in [-0.2, 0) is 11.3 Å². The summed E-state index contributed by atoms with van der Waals surface area (Å²) in [4.78, 5) is 26.0. The number of nitrogens with one attached hydrogen (secondary N) is 1. The number of carbonyl (C=O) groups is 2. The summed E-state index contributed by atoms with van der Waals surface area (Å²) in [7, 11) is 0. The Morgan fingerprint density at radius 2 is 1.88 bits per heavy atom. The van der Waals surface area contributed by atoms with Gasteiger partial charge >= 0.3 is 0 Å². The molecule has 0 aromatic heterocycles. The van der Waals surface area contributed by atoms with Crippen LogP contribution in [0.4, 0.5) is 0 Å². The average Bonchev–Trinajstić information content (AvgIpc) is 3.07. The SMILES string of the molecule is CC(NC(=O)c1ccc(CN2CCCC2=O)cc1)c1ccc(C#N)cc1. The molecule has 1 aliphatic rings. The molecule has 1 saturated heterocycles. The lowest BCUT2D eigenvalue weighted by atomic mass is 10.1. The van der Waals surface area contributed by atoms with Gasteiger partial charge in [0.2, 0.25) is 5.91 Å². The van der Waals surface area contributed by atoms with Crippen molar-refractivity contribution in [2.24, 2.45) is 0 Å². The molecule has 0 spiro atoms. The van der Waals surface area contributed by atoms with Gasteiger partial charge in [-0.15, -0.1) is 0 Å². The van der Waals surface area contributed by atoms with E-state index in [0.29, 0.717) is 24.1 Å². The van der Waals surface area contributed by atoms with E-state index in [1.807, 2.05) is 36.1 Å². The minimum absolute atomic E-state index is 0.148. The van der Waals surface area contributed by atoms with Gasteiger partial charge in [0, 0.05) is 25.1 Å². The van der Waals surface area contributed by atoms with E-state index < -0.39 is 0 Å². The van der Waals surface area contributed by atoms with E-state index in [0.717, 1.165) is 24.1 Å². The summed E-state index contributed by atoms with van der Waals surface area (Å²) in [6.45, 7) is 3.32. The maximum atomic E-state index is 12.4. The van der Waals surface area contributed by atoms with Gasteiger partial charge in [-0.2, -0.15) is 5.26 Å². The molecule has 1 atom stereocenters. The van der Waals surface area contributed by atoms with Gasteiger partial charge in [-0.3, -0.25) is 9.59 Å². The highest BCUT2D eigenvalue weighted by molar-refractivity contribution is 5.94. The largest absolute Gasteiger partial charge is 0.346 e. The summed E-state index contributed by atoms with van der Waals surface area (Å²) in [6, 6.07) is 16.5. The van der Waals surface area contributed by atoms with Crippen molar-refractivity contribution in [3.63, 3.8) is 0 Å². The summed E-state index contributed by atoms with van der Waals surface area (Å²) < 4.78 is 0. The monoisotopic (exact) mass is 347 g/mol. The van der Waals surface area contributed by atoms with Crippen molar-refractivity contribution in [1.82, 2.24) is 10.2 Å². The molecule has 0 radical (unpaired) electrons. The molecule has 132 valence electrons. The lowest BCUT2D eigenvalue weighted by Gasteiger charge is -2.16. The van der Waals surface area contributed by atoms with E-state index in [4.69, 9.17) is 5.26 Å². The first-order chi connectivity index (χ1) is 12.6. The molecule has 0 bridgehead atoms. The normalized spacial score (nSPS) is 14.8. The van der Waals surface area contributed by atoms with E-state index in [1.54, 1.807) is 24.3 Å². The van der Waals surface area contributed by atoms with Crippen LogP contribution in [0.1, 0.15) is 52.9 Å². The fourth-order valence-electron chi connectivity index (χ4n) is 3.06. The molecule has 5 nitrogen and oxygen atoms in total. The van der Waals surface area contributed by atoms with Crippen LogP contribution in [0.15, 0.2) is 48.5 Å². The van der Waals surface area contributed by atoms with Crippen LogP contribution in [0.2, 0.25) is 0 Å². The van der Waals surface area contributed by atoms with Gasteiger partial charge in [0.1, 0.15) is 0 Å². The second-order valence-corrected chi connectivity index (χ2v) is 6.54. The summed E-state index contributed by atoms with van der Waals surface area (Å²) in [6.07, 6.45) is 1.56. The summed E-state index contributed by atoms with van der Waals surface area (Å²) >= 11 is 0. The summed E-state index contributed by atoms with van der Waals surface area (Å²) in [5.74, 6) is 0.0497. The number of likely N-dealkylation sites (tertiary alicyclic amines) is 1. The molecule has 1 fully saturated rings. The average molecular weight is 347 g/mol. The Balaban J connectivity index is 1.60. The number of nitrogens with zero attached hydrogens (tertiary/aromatic N) is 2. The molecule has 1 unspecified atom stereocenters. The smallest absolute Gasteiger partial charge is 0.251 e. The Morgan fingerprint density at radius 1 is 1.19 bits per heavy atom. The van der Waals surface area contributed by atoms with Crippen LogP contribution in [-0.4, -0.2) is 23.3 Å². The van der Waals surface area contributed by atoms with Crippen molar-refractivity contribution < 1.29 is 9.59 Å². The number of rotatable bonds is 5. The zero-order chi connectivity index (χ0) is 18.5. The van der Waals surface area contributed by atoms with Gasteiger partial charge in [0.05, 0.1) is 17.7 Å². The standard InChI is InChI=1S/C21H21N3O2/c1-15(18-8-4-16(13-22)5-9-18)23-21(26)19-10-6-17(7-11-19)14-24-12-2-3-20(24)25/h4-11,15H,2-3,12,14H2,1H3,(H,23,26). The summed E-state index contributed by atoms with van der Waals surface area (Å²) in [5.41, 5.74) is 3.15. The van der Waals surface area contributed by atoms with Crippen LogP contribution in [0.25, 0.3) is 0 Å². The third kappa shape index (κ3) is 4.09. The minimum Gasteiger partial charge on any atom is -0.346 e. The quantitative estimate of drug-likeness (QED) is 0.903. The minimum atomic E-state index is -0.155. The van der Waals surface area contributed by atoms with Gasteiger partial charge in [0.15, 0.2) is 0 Å². The fourth-order valence-corrected chi connectivity index (χ4v) is 3.06. The topological polar surface area (TPSA) is 73.2 Å². The molecule has 1 aliphatic heterocycles. The van der Waals surface area contributed by atoms with Crippen molar-refractivity contribution in [3.05, 3.63) is 70.8 Å². The molecular formula is C21H21N3O2. The molecule has 2 aromatic rings. The lowest BCUT2D eigenvalue weighted by Crippen LogP contribution is -2.27. The van der Waals surface area contributed by atoms with E-state index in [-0.39, 0.29) is 17.9 Å².